The monoisotopic (exact) mass is 222 g/mol. The van der Waals surface area contributed by atoms with E-state index in [-0.39, 0.29) is 23.4 Å². The number of aliphatic hydroxyl groups is 1. The third-order valence-electron chi connectivity index (χ3n) is 4.61. The zero-order valence-electron chi connectivity index (χ0n) is 10.5. The third-order valence-corrected chi connectivity index (χ3v) is 4.61. The van der Waals surface area contributed by atoms with E-state index >= 15 is 0 Å². The molecular weight excluding hydrogens is 200 g/mol. The van der Waals surface area contributed by atoms with Crippen molar-refractivity contribution in [1.29, 1.82) is 0 Å². The average molecular weight is 222 g/mol. The highest BCUT2D eigenvalue weighted by atomic mass is 16.3. The number of carbonyl (C=O) groups excluding carboxylic acids is 1. The van der Waals surface area contributed by atoms with Crippen molar-refractivity contribution in [1.82, 2.24) is 0 Å². The van der Waals surface area contributed by atoms with E-state index in [4.69, 9.17) is 0 Å². The van der Waals surface area contributed by atoms with Gasteiger partial charge >= 0.3 is 0 Å². The van der Waals surface area contributed by atoms with Crippen molar-refractivity contribution in [3.63, 3.8) is 0 Å². The van der Waals surface area contributed by atoms with Crippen molar-refractivity contribution in [2.24, 2.45) is 16.7 Å². The number of rotatable bonds is 1. The maximum atomic E-state index is 11.8. The lowest BCUT2D eigenvalue weighted by Crippen LogP contribution is -2.31. The van der Waals surface area contributed by atoms with Gasteiger partial charge in [-0.15, -0.1) is 0 Å². The van der Waals surface area contributed by atoms with Gasteiger partial charge in [0.15, 0.2) is 0 Å². The molecular formula is C14H22O2. The number of hydrogen-bond donors (Lipinski definition) is 1. The molecule has 0 amide bonds. The highest BCUT2D eigenvalue weighted by Crippen LogP contribution is 2.53. The second-order valence-electron chi connectivity index (χ2n) is 6.36. The fraction of sp³-hybridized carbons (Fsp3) is 0.786. The minimum absolute atomic E-state index is 0.105. The number of fused-ring (bicyclic) bond motifs is 1. The molecule has 0 aromatic heterocycles. The van der Waals surface area contributed by atoms with Crippen LogP contribution in [0.15, 0.2) is 11.6 Å². The van der Waals surface area contributed by atoms with Crippen LogP contribution in [0.2, 0.25) is 0 Å². The van der Waals surface area contributed by atoms with Gasteiger partial charge in [-0.1, -0.05) is 32.4 Å². The highest BCUT2D eigenvalue weighted by Gasteiger charge is 2.46. The second-order valence-corrected chi connectivity index (χ2v) is 6.36. The summed E-state index contributed by atoms with van der Waals surface area (Å²) >= 11 is 0. The first-order valence-corrected chi connectivity index (χ1v) is 6.22. The van der Waals surface area contributed by atoms with Crippen molar-refractivity contribution in [2.45, 2.75) is 46.5 Å². The zero-order valence-corrected chi connectivity index (χ0v) is 10.5. The van der Waals surface area contributed by atoms with Crippen molar-refractivity contribution >= 4 is 5.78 Å². The number of aliphatic hydroxyl groups excluding tert-OH is 1. The zero-order chi connectivity index (χ0) is 12.0. The van der Waals surface area contributed by atoms with E-state index in [0.29, 0.717) is 18.6 Å². The Balaban J connectivity index is 2.37. The molecule has 2 nitrogen and oxygen atoms in total. The summed E-state index contributed by atoms with van der Waals surface area (Å²) in [5.74, 6) is 0.630. The topological polar surface area (TPSA) is 37.3 Å². The highest BCUT2D eigenvalue weighted by molar-refractivity contribution is 5.80. The standard InChI is InChI=1S/C14H22O2/c1-13(2)6-4-10(16)8-12-11(13)5-7-14(12,3)9-15/h5,12,15H,4,6-9H2,1-3H3/t12-,14+/m1/s1. The molecule has 0 spiro atoms. The van der Waals surface area contributed by atoms with Crippen molar-refractivity contribution in [3.05, 3.63) is 11.6 Å². The molecule has 2 atom stereocenters. The fourth-order valence-corrected chi connectivity index (χ4v) is 3.21. The predicted octanol–water partition coefficient (Wildman–Crippen LogP) is 2.71. The van der Waals surface area contributed by atoms with E-state index in [2.05, 4.69) is 26.8 Å². The smallest absolute Gasteiger partial charge is 0.133 e. The van der Waals surface area contributed by atoms with E-state index in [0.717, 1.165) is 12.8 Å². The summed E-state index contributed by atoms with van der Waals surface area (Å²) in [6.07, 6.45) is 5.48. The van der Waals surface area contributed by atoms with Crippen molar-refractivity contribution < 1.29 is 9.90 Å². The van der Waals surface area contributed by atoms with Gasteiger partial charge in [0.05, 0.1) is 0 Å². The molecule has 2 aliphatic carbocycles. The van der Waals surface area contributed by atoms with Gasteiger partial charge in [0.1, 0.15) is 5.78 Å². The van der Waals surface area contributed by atoms with Gasteiger partial charge in [-0.25, -0.2) is 0 Å². The maximum Gasteiger partial charge on any atom is 0.133 e. The van der Waals surface area contributed by atoms with E-state index in [1.54, 1.807) is 0 Å². The number of allylic oxidation sites excluding steroid dienone is 2. The van der Waals surface area contributed by atoms with Crippen LogP contribution in [0.25, 0.3) is 0 Å². The van der Waals surface area contributed by atoms with Crippen LogP contribution in [-0.2, 0) is 4.79 Å². The Labute approximate surface area is 97.7 Å². The first-order chi connectivity index (χ1) is 7.39. The minimum Gasteiger partial charge on any atom is -0.396 e. The van der Waals surface area contributed by atoms with Crippen LogP contribution in [0.3, 0.4) is 0 Å². The quantitative estimate of drug-likeness (QED) is 0.693. The number of ketones is 1. The molecule has 0 unspecified atom stereocenters. The summed E-state index contributed by atoms with van der Waals surface area (Å²) < 4.78 is 0. The number of carbonyl (C=O) groups is 1. The summed E-state index contributed by atoms with van der Waals surface area (Å²) in [4.78, 5) is 11.8. The molecule has 0 aromatic rings. The summed E-state index contributed by atoms with van der Waals surface area (Å²) in [6, 6.07) is 0. The lowest BCUT2D eigenvalue weighted by molar-refractivity contribution is -0.120. The van der Waals surface area contributed by atoms with Gasteiger partial charge in [-0.3, -0.25) is 4.79 Å². The van der Waals surface area contributed by atoms with E-state index in [1.807, 2.05) is 0 Å². The van der Waals surface area contributed by atoms with Crippen molar-refractivity contribution in [3.8, 4) is 0 Å². The Hall–Kier alpha value is -0.630. The fourth-order valence-electron chi connectivity index (χ4n) is 3.21. The molecule has 2 heteroatoms. The Bertz CT molecular complexity index is 341. The van der Waals surface area contributed by atoms with Crippen LogP contribution < -0.4 is 0 Å². The van der Waals surface area contributed by atoms with Crippen LogP contribution in [-0.4, -0.2) is 17.5 Å². The van der Waals surface area contributed by atoms with Crippen LogP contribution in [0.1, 0.15) is 46.5 Å². The molecule has 0 aliphatic heterocycles. The van der Waals surface area contributed by atoms with Crippen LogP contribution in [0.5, 0.6) is 0 Å². The van der Waals surface area contributed by atoms with Gasteiger partial charge < -0.3 is 5.11 Å². The Morgan fingerprint density at radius 1 is 1.44 bits per heavy atom. The normalized spacial score (nSPS) is 37.9. The van der Waals surface area contributed by atoms with Gasteiger partial charge in [-0.2, -0.15) is 0 Å². The van der Waals surface area contributed by atoms with Gasteiger partial charge in [-0.05, 0) is 24.2 Å². The summed E-state index contributed by atoms with van der Waals surface area (Å²) in [6.45, 7) is 6.75. The molecule has 2 rings (SSSR count). The Morgan fingerprint density at radius 2 is 2.12 bits per heavy atom. The molecule has 0 bridgehead atoms. The van der Waals surface area contributed by atoms with Crippen LogP contribution in [0, 0.1) is 16.7 Å². The minimum atomic E-state index is -0.105. The van der Waals surface area contributed by atoms with Crippen LogP contribution >= 0.6 is 0 Å². The van der Waals surface area contributed by atoms with Gasteiger partial charge in [0, 0.05) is 24.9 Å². The second kappa shape index (κ2) is 3.69. The average Bonchev–Trinajstić information content (AvgIpc) is 2.49. The lowest BCUT2D eigenvalue weighted by atomic mass is 9.70. The summed E-state index contributed by atoms with van der Waals surface area (Å²) in [5.41, 5.74) is 1.44. The van der Waals surface area contributed by atoms with Gasteiger partial charge in [0.2, 0.25) is 0 Å². The maximum absolute atomic E-state index is 11.8. The Morgan fingerprint density at radius 3 is 2.75 bits per heavy atom. The SMILES string of the molecule is CC1(C)CCC(=O)C[C@@H]2C1=CC[C@@]2(C)CO. The molecule has 1 fully saturated rings. The molecule has 0 aromatic carbocycles. The van der Waals surface area contributed by atoms with E-state index in [1.165, 1.54) is 5.57 Å². The van der Waals surface area contributed by atoms with E-state index < -0.39 is 0 Å². The first kappa shape index (κ1) is 11.8. The molecule has 16 heavy (non-hydrogen) atoms. The van der Waals surface area contributed by atoms with Gasteiger partial charge in [0.25, 0.3) is 0 Å². The number of Topliss-reactive ketones (excluding diaryl/α,β-unsaturated/α-hetero) is 1. The van der Waals surface area contributed by atoms with Crippen LogP contribution in [0.4, 0.5) is 0 Å². The number of hydrogen-bond acceptors (Lipinski definition) is 2. The molecule has 1 N–H and O–H groups in total. The Kier molecular flexibility index (Phi) is 2.73. The predicted molar refractivity (Wildman–Crippen MR) is 64.0 cm³/mol. The lowest BCUT2D eigenvalue weighted by Gasteiger charge is -2.35. The molecule has 2 aliphatic rings. The molecule has 0 saturated heterocycles. The molecule has 1 saturated carbocycles. The van der Waals surface area contributed by atoms with Crippen molar-refractivity contribution in [2.75, 3.05) is 6.61 Å². The summed E-state index contributed by atoms with van der Waals surface area (Å²) in [7, 11) is 0. The first-order valence-electron chi connectivity index (χ1n) is 6.22. The van der Waals surface area contributed by atoms with E-state index in [9.17, 15) is 9.90 Å². The molecule has 0 radical (unpaired) electrons. The largest absolute Gasteiger partial charge is 0.396 e. The third kappa shape index (κ3) is 1.73. The molecule has 0 heterocycles. The molecule has 90 valence electrons. The summed E-state index contributed by atoms with van der Waals surface area (Å²) in [5, 5.41) is 9.57.